The summed E-state index contributed by atoms with van der Waals surface area (Å²) in [6, 6.07) is 7.54. The van der Waals surface area contributed by atoms with Crippen molar-refractivity contribution in [3.05, 3.63) is 35.5 Å². The van der Waals surface area contributed by atoms with Gasteiger partial charge in [-0.25, -0.2) is 0 Å². The molecule has 30 heavy (non-hydrogen) atoms. The van der Waals surface area contributed by atoms with Gasteiger partial charge in [0.15, 0.2) is 0 Å². The Labute approximate surface area is 176 Å². The molecule has 3 rings (SSSR count). The standard InChI is InChI=1S/C23H31N3O4/c1-13-6-9-17-14(10-13)11-18(25-17)21(28)26-19(23(2,3)4)12-24-20(27)15-7-8-16(15)22(29)30-5/h6,9-11,15-16,19,25H,7-8,12H2,1-5H3,(H,24,27)(H,26,28)/t15-,16-,19?/m1/s1. The second-order valence-electron chi connectivity index (χ2n) is 9.22. The Hall–Kier alpha value is -2.83. The highest BCUT2D eigenvalue weighted by Crippen LogP contribution is 2.35. The Kier molecular flexibility index (Phi) is 6.19. The van der Waals surface area contributed by atoms with Gasteiger partial charge in [0.1, 0.15) is 5.69 Å². The number of rotatable bonds is 6. The zero-order valence-electron chi connectivity index (χ0n) is 18.3. The van der Waals surface area contributed by atoms with E-state index in [2.05, 4.69) is 15.6 Å². The van der Waals surface area contributed by atoms with E-state index < -0.39 is 0 Å². The van der Waals surface area contributed by atoms with E-state index in [1.54, 1.807) is 0 Å². The molecule has 1 aliphatic rings. The second-order valence-corrected chi connectivity index (χ2v) is 9.22. The summed E-state index contributed by atoms with van der Waals surface area (Å²) >= 11 is 0. The molecule has 1 aliphatic carbocycles. The summed E-state index contributed by atoms with van der Waals surface area (Å²) in [5, 5.41) is 6.95. The summed E-state index contributed by atoms with van der Waals surface area (Å²) in [5.41, 5.74) is 2.25. The number of methoxy groups -OCH3 is 1. The van der Waals surface area contributed by atoms with Crippen molar-refractivity contribution in [2.75, 3.05) is 13.7 Å². The van der Waals surface area contributed by atoms with Crippen LogP contribution in [0.5, 0.6) is 0 Å². The minimum absolute atomic E-state index is 0.166. The molecule has 1 fully saturated rings. The van der Waals surface area contributed by atoms with Gasteiger partial charge in [0, 0.05) is 17.4 Å². The first-order valence-electron chi connectivity index (χ1n) is 10.4. The third-order valence-corrected chi connectivity index (χ3v) is 5.97. The monoisotopic (exact) mass is 413 g/mol. The zero-order valence-corrected chi connectivity index (χ0v) is 18.3. The number of aryl methyl sites for hydroxylation is 1. The van der Waals surface area contributed by atoms with Crippen molar-refractivity contribution >= 4 is 28.7 Å². The summed E-state index contributed by atoms with van der Waals surface area (Å²) in [6.45, 7) is 8.34. The predicted octanol–water partition coefficient (Wildman–Crippen LogP) is 2.94. The molecule has 1 aromatic carbocycles. The van der Waals surface area contributed by atoms with Crippen molar-refractivity contribution in [1.29, 1.82) is 0 Å². The molecular weight excluding hydrogens is 382 g/mol. The number of nitrogens with one attached hydrogen (secondary N) is 3. The third kappa shape index (κ3) is 4.66. The number of carbonyl (C=O) groups excluding carboxylic acids is 3. The van der Waals surface area contributed by atoms with Gasteiger partial charge in [-0.3, -0.25) is 14.4 Å². The lowest BCUT2D eigenvalue weighted by atomic mass is 9.73. The van der Waals surface area contributed by atoms with Gasteiger partial charge in [-0.05, 0) is 43.4 Å². The van der Waals surface area contributed by atoms with Gasteiger partial charge in [-0.15, -0.1) is 0 Å². The van der Waals surface area contributed by atoms with Crippen molar-refractivity contribution in [1.82, 2.24) is 15.6 Å². The van der Waals surface area contributed by atoms with Crippen LogP contribution in [0.1, 0.15) is 49.7 Å². The van der Waals surface area contributed by atoms with Gasteiger partial charge in [-0.1, -0.05) is 32.4 Å². The van der Waals surface area contributed by atoms with Crippen LogP contribution in [0.15, 0.2) is 24.3 Å². The number of aromatic nitrogens is 1. The number of aromatic amines is 1. The van der Waals surface area contributed by atoms with E-state index in [4.69, 9.17) is 4.74 Å². The van der Waals surface area contributed by atoms with Crippen LogP contribution in [0.4, 0.5) is 0 Å². The van der Waals surface area contributed by atoms with Crippen LogP contribution in [-0.4, -0.2) is 42.5 Å². The lowest BCUT2D eigenvalue weighted by Crippen LogP contribution is -2.53. The number of H-pyrrole nitrogens is 1. The maximum atomic E-state index is 12.9. The summed E-state index contributed by atoms with van der Waals surface area (Å²) < 4.78 is 4.77. The van der Waals surface area contributed by atoms with Gasteiger partial charge in [0.2, 0.25) is 5.91 Å². The molecule has 162 valence electrons. The molecule has 2 amide bonds. The molecule has 1 aromatic heterocycles. The number of ether oxygens (including phenoxy) is 1. The van der Waals surface area contributed by atoms with Crippen LogP contribution in [0, 0.1) is 24.2 Å². The molecule has 0 radical (unpaired) electrons. The smallest absolute Gasteiger partial charge is 0.309 e. The highest BCUT2D eigenvalue weighted by molar-refractivity contribution is 5.98. The van der Waals surface area contributed by atoms with Crippen molar-refractivity contribution < 1.29 is 19.1 Å². The summed E-state index contributed by atoms with van der Waals surface area (Å²) in [7, 11) is 1.34. The Morgan fingerprint density at radius 3 is 2.47 bits per heavy atom. The van der Waals surface area contributed by atoms with Crippen molar-refractivity contribution in [3.63, 3.8) is 0 Å². The van der Waals surface area contributed by atoms with Crippen LogP contribution in [0.2, 0.25) is 0 Å². The third-order valence-electron chi connectivity index (χ3n) is 5.97. The fourth-order valence-electron chi connectivity index (χ4n) is 3.77. The molecule has 1 unspecified atom stereocenters. The highest BCUT2D eigenvalue weighted by Gasteiger charge is 2.42. The van der Waals surface area contributed by atoms with E-state index in [1.807, 2.05) is 52.0 Å². The average molecular weight is 414 g/mol. The van der Waals surface area contributed by atoms with Gasteiger partial charge in [0.25, 0.3) is 5.91 Å². The lowest BCUT2D eigenvalue weighted by Gasteiger charge is -2.35. The first kappa shape index (κ1) is 21.9. The molecule has 1 heterocycles. The topological polar surface area (TPSA) is 100 Å². The maximum Gasteiger partial charge on any atom is 0.309 e. The van der Waals surface area contributed by atoms with Gasteiger partial charge in [-0.2, -0.15) is 0 Å². The number of benzene rings is 1. The van der Waals surface area contributed by atoms with E-state index in [0.717, 1.165) is 16.5 Å². The van der Waals surface area contributed by atoms with Gasteiger partial charge in [0.05, 0.1) is 25.0 Å². The molecule has 7 nitrogen and oxygen atoms in total. The van der Waals surface area contributed by atoms with Crippen LogP contribution in [-0.2, 0) is 14.3 Å². The first-order chi connectivity index (χ1) is 14.1. The van der Waals surface area contributed by atoms with Crippen molar-refractivity contribution in [2.24, 2.45) is 17.3 Å². The fourth-order valence-corrected chi connectivity index (χ4v) is 3.77. The summed E-state index contributed by atoms with van der Waals surface area (Å²) in [4.78, 5) is 40.3. The van der Waals surface area contributed by atoms with E-state index in [-0.39, 0.29) is 47.6 Å². The molecule has 0 spiro atoms. The van der Waals surface area contributed by atoms with E-state index >= 15 is 0 Å². The highest BCUT2D eigenvalue weighted by atomic mass is 16.5. The number of amides is 2. The molecule has 1 saturated carbocycles. The number of carbonyl (C=O) groups is 3. The Bertz CT molecular complexity index is 957. The van der Waals surface area contributed by atoms with E-state index in [1.165, 1.54) is 7.11 Å². The summed E-state index contributed by atoms with van der Waals surface area (Å²) in [6.07, 6.45) is 1.34. The van der Waals surface area contributed by atoms with Gasteiger partial charge >= 0.3 is 5.97 Å². The van der Waals surface area contributed by atoms with Gasteiger partial charge < -0.3 is 20.4 Å². The Balaban J connectivity index is 1.65. The second kappa shape index (κ2) is 8.50. The maximum absolute atomic E-state index is 12.9. The zero-order chi connectivity index (χ0) is 22.1. The molecule has 3 N–H and O–H groups in total. The number of esters is 1. The molecule has 2 aromatic rings. The molecular formula is C23H31N3O4. The molecule has 0 saturated heterocycles. The number of fused-ring (bicyclic) bond motifs is 1. The molecule has 0 aliphatic heterocycles. The van der Waals surface area contributed by atoms with Crippen LogP contribution < -0.4 is 10.6 Å². The van der Waals surface area contributed by atoms with Crippen LogP contribution in [0.3, 0.4) is 0 Å². The Morgan fingerprint density at radius 1 is 1.17 bits per heavy atom. The molecule has 0 bridgehead atoms. The van der Waals surface area contributed by atoms with Crippen LogP contribution >= 0.6 is 0 Å². The quantitative estimate of drug-likeness (QED) is 0.634. The molecule has 3 atom stereocenters. The number of hydrogen-bond donors (Lipinski definition) is 3. The SMILES string of the molecule is COC(=O)[C@@H]1CC[C@H]1C(=O)NCC(NC(=O)c1cc2cc(C)ccc2[nH]1)C(C)(C)C. The van der Waals surface area contributed by atoms with E-state index in [9.17, 15) is 14.4 Å². The largest absolute Gasteiger partial charge is 0.469 e. The lowest BCUT2D eigenvalue weighted by molar-refractivity contribution is -0.155. The van der Waals surface area contributed by atoms with Crippen molar-refractivity contribution in [2.45, 2.75) is 46.6 Å². The normalized spacial score (nSPS) is 19.6. The fraction of sp³-hybridized carbons (Fsp3) is 0.522. The number of hydrogen-bond acceptors (Lipinski definition) is 4. The average Bonchev–Trinajstić information content (AvgIpc) is 3.06. The van der Waals surface area contributed by atoms with E-state index in [0.29, 0.717) is 18.5 Å². The Morgan fingerprint density at radius 2 is 1.87 bits per heavy atom. The first-order valence-corrected chi connectivity index (χ1v) is 10.4. The van der Waals surface area contributed by atoms with Crippen LogP contribution in [0.25, 0.3) is 10.9 Å². The minimum atomic E-state index is -0.368. The molecule has 7 heteroatoms. The summed E-state index contributed by atoms with van der Waals surface area (Å²) in [5.74, 6) is -1.44. The minimum Gasteiger partial charge on any atom is -0.469 e. The van der Waals surface area contributed by atoms with Crippen molar-refractivity contribution in [3.8, 4) is 0 Å². The predicted molar refractivity (Wildman–Crippen MR) is 115 cm³/mol.